The first-order valence-corrected chi connectivity index (χ1v) is 8.65. The fraction of sp³-hybridized carbons (Fsp3) is 0.588. The van der Waals surface area contributed by atoms with Gasteiger partial charge >= 0.3 is 0 Å². The summed E-state index contributed by atoms with van der Waals surface area (Å²) in [7, 11) is 1.92. The molecule has 0 spiro atoms. The minimum atomic E-state index is -1.07. The molecule has 0 saturated carbocycles. The standard InChI is InChI=1S/C17H26N6O3/c1-10-13-16(20-9-19-10)23(11(2)21-13)17-15(25)14(24)12(26-17)8-22(3)7-5-4-6-18/h4-5,9,12,14-15,17,24-25H,6-8,18H2,1-3H3/b5-4+/t12-,14+,15-,17-/m1/s1. The second-order valence-corrected chi connectivity index (χ2v) is 6.63. The van der Waals surface area contributed by atoms with Gasteiger partial charge in [0.1, 0.15) is 36.0 Å². The average Bonchev–Trinajstić information content (AvgIpc) is 3.07. The Hall–Kier alpha value is -1.91. The van der Waals surface area contributed by atoms with Gasteiger partial charge in [-0.1, -0.05) is 12.2 Å². The lowest BCUT2D eigenvalue weighted by molar-refractivity contribution is -0.0424. The number of hydrogen-bond donors (Lipinski definition) is 3. The van der Waals surface area contributed by atoms with E-state index in [1.165, 1.54) is 6.33 Å². The van der Waals surface area contributed by atoms with Gasteiger partial charge in [0.25, 0.3) is 0 Å². The van der Waals surface area contributed by atoms with E-state index in [9.17, 15) is 10.2 Å². The first-order valence-electron chi connectivity index (χ1n) is 8.65. The highest BCUT2D eigenvalue weighted by Gasteiger charge is 2.45. The molecule has 0 bridgehead atoms. The minimum Gasteiger partial charge on any atom is -0.387 e. The third kappa shape index (κ3) is 3.49. The number of aliphatic hydroxyl groups excluding tert-OH is 2. The summed E-state index contributed by atoms with van der Waals surface area (Å²) in [6, 6.07) is 0. The molecule has 1 saturated heterocycles. The van der Waals surface area contributed by atoms with Crippen LogP contribution in [0.25, 0.3) is 11.2 Å². The van der Waals surface area contributed by atoms with Crippen molar-refractivity contribution in [3.63, 3.8) is 0 Å². The number of nitrogens with two attached hydrogens (primary N) is 1. The van der Waals surface area contributed by atoms with E-state index < -0.39 is 24.5 Å². The predicted octanol–water partition coefficient (Wildman–Crippen LogP) is -0.491. The maximum absolute atomic E-state index is 10.6. The largest absolute Gasteiger partial charge is 0.387 e. The Kier molecular flexibility index (Phi) is 5.64. The lowest BCUT2D eigenvalue weighted by Crippen LogP contribution is -2.38. The number of hydrogen-bond acceptors (Lipinski definition) is 8. The van der Waals surface area contributed by atoms with Gasteiger partial charge in [0.2, 0.25) is 0 Å². The first kappa shape index (κ1) is 18.9. The van der Waals surface area contributed by atoms with Gasteiger partial charge in [0.15, 0.2) is 11.9 Å². The molecular formula is C17H26N6O3. The molecule has 4 atom stereocenters. The Bertz CT molecular complexity index is 792. The molecule has 0 unspecified atom stereocenters. The maximum atomic E-state index is 10.6. The van der Waals surface area contributed by atoms with Crippen LogP contribution in [0.1, 0.15) is 17.7 Å². The lowest BCUT2D eigenvalue weighted by atomic mass is 10.1. The number of imidazole rings is 1. The molecule has 9 nitrogen and oxygen atoms in total. The van der Waals surface area contributed by atoms with Crippen LogP contribution in [-0.2, 0) is 4.74 Å². The maximum Gasteiger partial charge on any atom is 0.166 e. The highest BCUT2D eigenvalue weighted by molar-refractivity contribution is 5.73. The van der Waals surface area contributed by atoms with Crippen molar-refractivity contribution in [3.8, 4) is 0 Å². The summed E-state index contributed by atoms with van der Waals surface area (Å²) in [4.78, 5) is 14.9. The molecule has 1 aliphatic rings. The molecular weight excluding hydrogens is 336 g/mol. The molecule has 2 aromatic rings. The molecule has 9 heteroatoms. The zero-order valence-electron chi connectivity index (χ0n) is 15.3. The molecule has 26 heavy (non-hydrogen) atoms. The van der Waals surface area contributed by atoms with Crippen molar-refractivity contribution in [2.24, 2.45) is 5.73 Å². The minimum absolute atomic E-state index is 0.476. The van der Waals surface area contributed by atoms with E-state index in [0.717, 1.165) is 5.69 Å². The van der Waals surface area contributed by atoms with E-state index in [0.29, 0.717) is 36.6 Å². The van der Waals surface area contributed by atoms with Crippen LogP contribution < -0.4 is 5.73 Å². The van der Waals surface area contributed by atoms with Crippen molar-refractivity contribution < 1.29 is 14.9 Å². The number of likely N-dealkylation sites (N-methyl/N-ethyl adjacent to an activating group) is 1. The van der Waals surface area contributed by atoms with Gasteiger partial charge in [-0.05, 0) is 20.9 Å². The summed E-state index contributed by atoms with van der Waals surface area (Å²) in [5, 5.41) is 21.0. The van der Waals surface area contributed by atoms with Gasteiger partial charge in [-0.2, -0.15) is 0 Å². The van der Waals surface area contributed by atoms with Gasteiger partial charge in [-0.25, -0.2) is 15.0 Å². The molecule has 0 aliphatic carbocycles. The van der Waals surface area contributed by atoms with Crippen LogP contribution in [0.2, 0.25) is 0 Å². The van der Waals surface area contributed by atoms with Gasteiger partial charge in [0, 0.05) is 19.6 Å². The SMILES string of the molecule is Cc1ncnc2c1nc(C)n2[C@@H]1O[C@H](CN(C)C/C=C/CN)[C@H](O)[C@H]1O. The predicted molar refractivity (Wildman–Crippen MR) is 96.4 cm³/mol. The molecule has 4 N–H and O–H groups in total. The number of rotatable bonds is 6. The van der Waals surface area contributed by atoms with Crippen molar-refractivity contribution in [1.82, 2.24) is 24.4 Å². The normalized spacial score (nSPS) is 26.6. The Morgan fingerprint density at radius 2 is 2.04 bits per heavy atom. The van der Waals surface area contributed by atoms with E-state index in [1.807, 2.05) is 37.9 Å². The van der Waals surface area contributed by atoms with E-state index in [1.54, 1.807) is 4.57 Å². The zero-order valence-corrected chi connectivity index (χ0v) is 15.3. The zero-order chi connectivity index (χ0) is 18.8. The van der Waals surface area contributed by atoms with Crippen LogP contribution in [0.5, 0.6) is 0 Å². The van der Waals surface area contributed by atoms with Crippen molar-refractivity contribution in [3.05, 3.63) is 30.0 Å². The van der Waals surface area contributed by atoms with Gasteiger partial charge in [0.05, 0.1) is 5.69 Å². The quantitative estimate of drug-likeness (QED) is 0.588. The van der Waals surface area contributed by atoms with Crippen LogP contribution in [0, 0.1) is 13.8 Å². The topological polar surface area (TPSA) is 123 Å². The van der Waals surface area contributed by atoms with Gasteiger partial charge in [-0.15, -0.1) is 0 Å². The van der Waals surface area contributed by atoms with Crippen LogP contribution in [-0.4, -0.2) is 79.6 Å². The highest BCUT2D eigenvalue weighted by Crippen LogP contribution is 2.33. The third-order valence-electron chi connectivity index (χ3n) is 4.64. The summed E-state index contributed by atoms with van der Waals surface area (Å²) >= 11 is 0. The number of ether oxygens (including phenoxy) is 1. The fourth-order valence-corrected chi connectivity index (χ4v) is 3.26. The van der Waals surface area contributed by atoms with Crippen LogP contribution >= 0.6 is 0 Å². The number of aromatic nitrogens is 4. The van der Waals surface area contributed by atoms with E-state index >= 15 is 0 Å². The Morgan fingerprint density at radius 3 is 2.77 bits per heavy atom. The van der Waals surface area contributed by atoms with Crippen LogP contribution in [0.4, 0.5) is 0 Å². The molecule has 2 aromatic heterocycles. The lowest BCUT2D eigenvalue weighted by Gasteiger charge is -2.21. The van der Waals surface area contributed by atoms with Gasteiger partial charge in [-0.3, -0.25) is 4.57 Å². The molecule has 1 aliphatic heterocycles. The first-order chi connectivity index (χ1) is 12.4. The average molecular weight is 362 g/mol. The molecule has 0 radical (unpaired) electrons. The summed E-state index contributed by atoms with van der Waals surface area (Å²) in [6.07, 6.45) is 1.96. The smallest absolute Gasteiger partial charge is 0.166 e. The number of fused-ring (bicyclic) bond motifs is 1. The second-order valence-electron chi connectivity index (χ2n) is 6.63. The monoisotopic (exact) mass is 362 g/mol. The Balaban J connectivity index is 1.81. The van der Waals surface area contributed by atoms with Crippen molar-refractivity contribution in [2.75, 3.05) is 26.7 Å². The third-order valence-corrected chi connectivity index (χ3v) is 4.64. The van der Waals surface area contributed by atoms with Gasteiger partial charge < -0.3 is 25.6 Å². The van der Waals surface area contributed by atoms with E-state index in [2.05, 4.69) is 15.0 Å². The van der Waals surface area contributed by atoms with Crippen molar-refractivity contribution >= 4 is 11.2 Å². The van der Waals surface area contributed by atoms with Crippen molar-refractivity contribution in [1.29, 1.82) is 0 Å². The molecule has 3 heterocycles. The van der Waals surface area contributed by atoms with E-state index in [4.69, 9.17) is 10.5 Å². The number of nitrogens with zero attached hydrogens (tertiary/aromatic N) is 5. The molecule has 142 valence electrons. The Morgan fingerprint density at radius 1 is 1.27 bits per heavy atom. The molecule has 0 aromatic carbocycles. The van der Waals surface area contributed by atoms with E-state index in [-0.39, 0.29) is 0 Å². The summed E-state index contributed by atoms with van der Waals surface area (Å²) in [5.74, 6) is 0.653. The molecule has 1 fully saturated rings. The number of aryl methyl sites for hydroxylation is 2. The summed E-state index contributed by atoms with van der Waals surface area (Å²) in [6.45, 7) is 5.33. The van der Waals surface area contributed by atoms with Crippen LogP contribution in [0.3, 0.4) is 0 Å². The number of aliphatic hydroxyl groups is 2. The molecule has 3 rings (SSSR count). The summed E-state index contributed by atoms with van der Waals surface area (Å²) < 4.78 is 7.74. The fourth-order valence-electron chi connectivity index (χ4n) is 3.26. The molecule has 0 amide bonds. The van der Waals surface area contributed by atoms with Crippen LogP contribution in [0.15, 0.2) is 18.5 Å². The van der Waals surface area contributed by atoms with Crippen molar-refractivity contribution in [2.45, 2.75) is 38.4 Å². The summed E-state index contributed by atoms with van der Waals surface area (Å²) in [5.41, 5.74) is 7.45. The highest BCUT2D eigenvalue weighted by atomic mass is 16.6. The second kappa shape index (κ2) is 7.77. The Labute approximate surface area is 152 Å².